The summed E-state index contributed by atoms with van der Waals surface area (Å²) in [5.74, 6) is 1.27. The van der Waals surface area contributed by atoms with Crippen LogP contribution in [0.15, 0.2) is 54.7 Å². The number of nitrogens with one attached hydrogen (secondary N) is 1. The summed E-state index contributed by atoms with van der Waals surface area (Å²) in [6.07, 6.45) is 14.2. The Bertz CT molecular complexity index is 2420. The molecule has 2 atom stereocenters. The molecule has 4 fully saturated rings. The molecule has 61 heavy (non-hydrogen) atoms. The number of rotatable bonds is 9. The van der Waals surface area contributed by atoms with Gasteiger partial charge in [0.1, 0.15) is 48.1 Å². The van der Waals surface area contributed by atoms with Gasteiger partial charge in [-0.3, -0.25) is 14.8 Å². The fraction of sp³-hybridized carbons (Fsp3) is 0.426. The Morgan fingerprint density at radius 1 is 1.05 bits per heavy atom. The molecule has 0 saturated carbocycles. The van der Waals surface area contributed by atoms with Crippen LogP contribution in [0.5, 0.6) is 11.8 Å². The summed E-state index contributed by atoms with van der Waals surface area (Å²) in [6, 6.07) is 13.0. The van der Waals surface area contributed by atoms with Gasteiger partial charge in [0.2, 0.25) is 0 Å². The first-order valence-corrected chi connectivity index (χ1v) is 21.2. The van der Waals surface area contributed by atoms with Crippen molar-refractivity contribution in [2.45, 2.75) is 89.9 Å². The van der Waals surface area contributed by atoms with E-state index in [0.717, 1.165) is 69.2 Å². The zero-order chi connectivity index (χ0) is 43.3. The number of nitrogens with zero attached hydrogens (tertiary/aromatic N) is 6. The van der Waals surface area contributed by atoms with E-state index in [9.17, 15) is 19.1 Å². The van der Waals surface area contributed by atoms with E-state index < -0.39 is 11.6 Å². The fourth-order valence-electron chi connectivity index (χ4n) is 9.29. The summed E-state index contributed by atoms with van der Waals surface area (Å²) in [7, 11) is 1.85. The van der Waals surface area contributed by atoms with Crippen molar-refractivity contribution < 1.29 is 33.0 Å². The Balaban J connectivity index is 0.000000885. The lowest BCUT2D eigenvalue weighted by Crippen LogP contribution is -2.56. The molecule has 2 unspecified atom stereocenters. The average molecular weight is 834 g/mol. The predicted molar refractivity (Wildman–Crippen MR) is 233 cm³/mol. The van der Waals surface area contributed by atoms with Crippen LogP contribution in [0.25, 0.3) is 32.9 Å². The summed E-state index contributed by atoms with van der Waals surface area (Å²) in [5.41, 5.74) is 1.68. The zero-order valence-corrected chi connectivity index (χ0v) is 35.2. The Morgan fingerprint density at radius 2 is 1.74 bits per heavy atom. The molecule has 0 spiro atoms. The maximum atomic E-state index is 17.1. The number of carbonyl (C=O) groups excluding carboxylic acids is 2. The Morgan fingerprint density at radius 3 is 2.38 bits per heavy atom. The number of halogens is 2. The predicted octanol–water partition coefficient (Wildman–Crippen LogP) is 8.47. The standard InChI is InChI=1S/C42H41F2N7O4.C3H6O.C2H6/c1-3-31-34(43)13-8-26-18-30(52)19-32(35(26)31)37-36(44)38-33(20-46-37)39(48-40(47-38)55-24-42-14-4-16-50(42)17-5-15-42)49-21-28-11-12-29(22-49)51(28)41(53)54-23-25-6-9-27(45-2)10-7-25;1-2-3-4;1-2/h1,6-10,13,18-20,28-29,45,52H,4-5,11-12,14-17,21-24H2,2H3;3H,2H2,1H3;1-2H3. The van der Waals surface area contributed by atoms with Crippen LogP contribution in [0.2, 0.25) is 0 Å². The lowest BCUT2D eigenvalue weighted by molar-refractivity contribution is -0.107. The molecule has 2 N–H and O–H groups in total. The van der Waals surface area contributed by atoms with Gasteiger partial charge in [0, 0.05) is 49.4 Å². The number of phenolic OH excluding ortho intramolecular Hbond substituents is 1. The number of ether oxygens (including phenoxy) is 2. The molecule has 0 radical (unpaired) electrons. The topological polar surface area (TPSA) is 133 Å². The van der Waals surface area contributed by atoms with E-state index in [4.69, 9.17) is 20.9 Å². The minimum atomic E-state index is -0.778. The van der Waals surface area contributed by atoms with Gasteiger partial charge in [0.05, 0.1) is 28.6 Å². The zero-order valence-electron chi connectivity index (χ0n) is 35.2. The molecule has 4 aliphatic rings. The molecule has 320 valence electrons. The maximum Gasteiger partial charge on any atom is 0.410 e. The van der Waals surface area contributed by atoms with Crippen molar-refractivity contribution in [3.05, 3.63) is 77.5 Å². The molecule has 5 aromatic rings. The van der Waals surface area contributed by atoms with E-state index in [1.165, 1.54) is 30.5 Å². The van der Waals surface area contributed by atoms with Crippen LogP contribution in [-0.4, -0.2) is 99.7 Å². The molecule has 2 aromatic heterocycles. The van der Waals surface area contributed by atoms with Crippen molar-refractivity contribution in [1.29, 1.82) is 0 Å². The van der Waals surface area contributed by atoms with Crippen molar-refractivity contribution in [3.63, 3.8) is 0 Å². The van der Waals surface area contributed by atoms with Crippen LogP contribution in [0, 0.1) is 24.0 Å². The van der Waals surface area contributed by atoms with Gasteiger partial charge in [0.25, 0.3) is 0 Å². The van der Waals surface area contributed by atoms with Gasteiger partial charge in [-0.2, -0.15) is 9.97 Å². The first-order chi connectivity index (χ1) is 29.7. The average Bonchev–Trinajstić information content (AvgIpc) is 3.96. The maximum absolute atomic E-state index is 17.1. The minimum Gasteiger partial charge on any atom is -0.508 e. The molecule has 14 heteroatoms. The summed E-state index contributed by atoms with van der Waals surface area (Å²) < 4.78 is 44.3. The number of aromatic nitrogens is 3. The van der Waals surface area contributed by atoms with E-state index in [1.54, 1.807) is 0 Å². The number of benzene rings is 3. The summed E-state index contributed by atoms with van der Waals surface area (Å²) in [4.78, 5) is 43.1. The van der Waals surface area contributed by atoms with Crippen LogP contribution in [0.4, 0.5) is 25.1 Å². The summed E-state index contributed by atoms with van der Waals surface area (Å²) in [5, 5.41) is 14.8. The number of hydrogen-bond acceptors (Lipinski definition) is 11. The van der Waals surface area contributed by atoms with Crippen molar-refractivity contribution in [1.82, 2.24) is 24.8 Å². The van der Waals surface area contributed by atoms with Gasteiger partial charge >= 0.3 is 12.1 Å². The van der Waals surface area contributed by atoms with Crippen molar-refractivity contribution in [2.75, 3.05) is 50.1 Å². The van der Waals surface area contributed by atoms with E-state index in [2.05, 4.69) is 31.0 Å². The number of pyridine rings is 1. The molecule has 4 saturated heterocycles. The molecule has 12 nitrogen and oxygen atoms in total. The van der Waals surface area contributed by atoms with Gasteiger partial charge in [-0.15, -0.1) is 6.42 Å². The first kappa shape index (κ1) is 43.0. The number of amides is 1. The second-order valence-electron chi connectivity index (χ2n) is 15.7. The number of aldehydes is 1. The number of terminal acetylenes is 1. The van der Waals surface area contributed by atoms with Gasteiger partial charge in [-0.25, -0.2) is 13.6 Å². The van der Waals surface area contributed by atoms with Crippen molar-refractivity contribution >= 4 is 45.6 Å². The molecule has 1 amide bonds. The highest BCUT2D eigenvalue weighted by atomic mass is 19.1. The van der Waals surface area contributed by atoms with Crippen LogP contribution < -0.4 is 15.0 Å². The van der Waals surface area contributed by atoms with Crippen LogP contribution >= 0.6 is 0 Å². The molecule has 0 aliphatic carbocycles. The first-order valence-electron chi connectivity index (χ1n) is 21.2. The Labute approximate surface area is 355 Å². The monoisotopic (exact) mass is 833 g/mol. The van der Waals surface area contributed by atoms with E-state index >= 15 is 4.39 Å². The molecule has 3 aromatic carbocycles. The van der Waals surface area contributed by atoms with E-state index in [0.29, 0.717) is 42.7 Å². The minimum absolute atomic E-state index is 0.0224. The second kappa shape index (κ2) is 18.7. The number of carbonyl (C=O) groups is 2. The molecule has 6 heterocycles. The second-order valence-corrected chi connectivity index (χ2v) is 15.7. The molecule has 4 aliphatic heterocycles. The molecule has 2 bridgehead atoms. The van der Waals surface area contributed by atoms with Gasteiger partial charge in [0.15, 0.2) is 5.82 Å². The van der Waals surface area contributed by atoms with Crippen LogP contribution in [-0.2, 0) is 16.1 Å². The summed E-state index contributed by atoms with van der Waals surface area (Å²) >= 11 is 0. The van der Waals surface area contributed by atoms with E-state index in [1.807, 2.05) is 57.0 Å². The van der Waals surface area contributed by atoms with Crippen LogP contribution in [0.1, 0.15) is 76.8 Å². The number of piperazine rings is 1. The highest BCUT2D eigenvalue weighted by molar-refractivity contribution is 6.03. The van der Waals surface area contributed by atoms with E-state index in [-0.39, 0.29) is 69.8 Å². The smallest absolute Gasteiger partial charge is 0.410 e. The van der Waals surface area contributed by atoms with Crippen LogP contribution in [0.3, 0.4) is 0 Å². The van der Waals surface area contributed by atoms with Gasteiger partial charge in [-0.05, 0) is 92.9 Å². The number of hydrogen-bond donors (Lipinski definition) is 2. The number of fused-ring (bicyclic) bond motifs is 5. The number of phenols is 1. The number of anilines is 2. The van der Waals surface area contributed by atoms with Gasteiger partial charge in [-0.1, -0.05) is 44.9 Å². The SMILES string of the molecule is C#Cc1c(F)ccc2cc(O)cc(-c3ncc4c(N5CC6CCC(C5)N6C(=O)OCc5ccc(NC)cc5)nc(OCC56CCCN5CCC6)nc4c3F)c12.CC.CCC=O. The largest absolute Gasteiger partial charge is 0.508 e. The highest BCUT2D eigenvalue weighted by Crippen LogP contribution is 2.42. The molecule has 9 rings (SSSR count). The molecular formula is C47H53F2N7O5. The number of aromatic hydroxyl groups is 1. The third-order valence-electron chi connectivity index (χ3n) is 12.1. The quantitative estimate of drug-likeness (QED) is 0.110. The third-order valence-corrected chi connectivity index (χ3v) is 12.1. The van der Waals surface area contributed by atoms with Crippen molar-refractivity contribution in [2.24, 2.45) is 0 Å². The Hall–Kier alpha value is -6.07. The highest BCUT2D eigenvalue weighted by Gasteiger charge is 2.46. The van der Waals surface area contributed by atoms with Crippen molar-refractivity contribution in [3.8, 4) is 35.4 Å². The van der Waals surface area contributed by atoms with Gasteiger partial charge < -0.3 is 29.6 Å². The fourth-order valence-corrected chi connectivity index (χ4v) is 9.29. The summed E-state index contributed by atoms with van der Waals surface area (Å²) in [6.45, 7) is 9.28. The normalized spacial score (nSPS) is 18.7. The Kier molecular flexibility index (Phi) is 13.2. The lowest BCUT2D eigenvalue weighted by Gasteiger charge is -2.41. The molecular weight excluding hydrogens is 781 g/mol. The third kappa shape index (κ3) is 8.48. The lowest BCUT2D eigenvalue weighted by atomic mass is 9.95.